The van der Waals surface area contributed by atoms with E-state index in [9.17, 15) is 13.2 Å². The lowest BCUT2D eigenvalue weighted by molar-refractivity contribution is -0.120. The van der Waals surface area contributed by atoms with Crippen LogP contribution in [0.3, 0.4) is 0 Å². The maximum absolute atomic E-state index is 12.0. The van der Waals surface area contributed by atoms with Crippen LogP contribution in [0.1, 0.15) is 45.4 Å². The molecular weight excluding hydrogens is 370 g/mol. The lowest BCUT2D eigenvalue weighted by Gasteiger charge is -2.43. The summed E-state index contributed by atoms with van der Waals surface area (Å²) in [6, 6.07) is 0.102. The van der Waals surface area contributed by atoms with Gasteiger partial charge in [-0.05, 0) is 57.1 Å². The van der Waals surface area contributed by atoms with Gasteiger partial charge in [0.25, 0.3) is 0 Å². The molecule has 3 fully saturated rings. The molecule has 6 nitrogen and oxygen atoms in total. The third-order valence-corrected chi connectivity index (χ3v) is 9.29. The van der Waals surface area contributed by atoms with Gasteiger partial charge in [-0.1, -0.05) is 0 Å². The van der Waals surface area contributed by atoms with Crippen molar-refractivity contribution >= 4 is 27.4 Å². The minimum absolute atomic E-state index is 0.0416. The van der Waals surface area contributed by atoms with E-state index in [1.165, 1.54) is 24.9 Å². The number of piperazine rings is 1. The molecule has 1 saturated carbocycles. The van der Waals surface area contributed by atoms with Crippen molar-refractivity contribution in [3.63, 3.8) is 0 Å². The smallest absolute Gasteiger partial charge is 0.150 e. The Morgan fingerprint density at radius 3 is 2.50 bits per heavy atom. The average molecular weight is 404 g/mol. The molecule has 0 spiro atoms. The molecule has 26 heavy (non-hydrogen) atoms. The van der Waals surface area contributed by atoms with Crippen LogP contribution in [0.5, 0.6) is 0 Å². The number of rotatable bonds is 6. The van der Waals surface area contributed by atoms with E-state index < -0.39 is 9.84 Å². The molecule has 3 aliphatic rings. The third kappa shape index (κ3) is 5.22. The number of carbonyl (C=O) groups excluding carboxylic acids is 1. The van der Waals surface area contributed by atoms with Crippen molar-refractivity contribution in [2.24, 2.45) is 5.92 Å². The standard InChI is InChI=1S/C18H33N3O3S2/c1-12(22)17-18(20-10-14-4-3-9-25-14)21-16(11-19-17)13-5-7-15(8-6-13)26(2,23)24/h13-21H,3-11H2,1-2H3. The second-order valence-corrected chi connectivity index (χ2v) is 11.9. The number of Topliss-reactive ketones (excluding diaryl/α,β-unsaturated/α-hetero) is 1. The van der Waals surface area contributed by atoms with Crippen molar-refractivity contribution in [2.75, 3.05) is 25.1 Å². The lowest BCUT2D eigenvalue weighted by atomic mass is 9.82. The second-order valence-electron chi connectivity index (χ2n) is 8.16. The number of sulfone groups is 1. The van der Waals surface area contributed by atoms with E-state index >= 15 is 0 Å². The Morgan fingerprint density at radius 1 is 1.19 bits per heavy atom. The number of thioether (sulfide) groups is 1. The highest BCUT2D eigenvalue weighted by Gasteiger charge is 2.38. The summed E-state index contributed by atoms with van der Waals surface area (Å²) in [5.74, 6) is 1.87. The van der Waals surface area contributed by atoms with E-state index in [1.807, 2.05) is 11.8 Å². The van der Waals surface area contributed by atoms with Crippen LogP contribution in [0.25, 0.3) is 0 Å². The van der Waals surface area contributed by atoms with Crippen LogP contribution in [-0.4, -0.2) is 68.0 Å². The monoisotopic (exact) mass is 403 g/mol. The van der Waals surface area contributed by atoms with Crippen LogP contribution in [0, 0.1) is 5.92 Å². The maximum Gasteiger partial charge on any atom is 0.150 e. The van der Waals surface area contributed by atoms with Gasteiger partial charge in [0.2, 0.25) is 0 Å². The Balaban J connectivity index is 1.55. The van der Waals surface area contributed by atoms with Crippen molar-refractivity contribution < 1.29 is 13.2 Å². The summed E-state index contributed by atoms with van der Waals surface area (Å²) in [7, 11) is -2.92. The molecule has 2 heterocycles. The summed E-state index contributed by atoms with van der Waals surface area (Å²) in [6.45, 7) is 3.35. The topological polar surface area (TPSA) is 87.3 Å². The number of ketones is 1. The first-order chi connectivity index (χ1) is 12.3. The first-order valence-electron chi connectivity index (χ1n) is 9.88. The van der Waals surface area contributed by atoms with Gasteiger partial charge in [0.05, 0.1) is 17.5 Å². The summed E-state index contributed by atoms with van der Waals surface area (Å²) in [4.78, 5) is 12.0. The number of hydrogen-bond donors (Lipinski definition) is 3. The van der Waals surface area contributed by atoms with Gasteiger partial charge in [0, 0.05) is 30.6 Å². The minimum atomic E-state index is -2.92. The number of hydrogen-bond acceptors (Lipinski definition) is 7. The zero-order chi connectivity index (χ0) is 18.7. The van der Waals surface area contributed by atoms with Gasteiger partial charge in [-0.3, -0.25) is 15.4 Å². The fourth-order valence-corrected chi connectivity index (χ4v) is 6.94. The molecule has 4 unspecified atom stereocenters. The van der Waals surface area contributed by atoms with Crippen molar-refractivity contribution in [3.8, 4) is 0 Å². The highest BCUT2D eigenvalue weighted by atomic mass is 32.2. The van der Waals surface area contributed by atoms with Crippen LogP contribution in [0.4, 0.5) is 0 Å². The Morgan fingerprint density at radius 2 is 1.92 bits per heavy atom. The van der Waals surface area contributed by atoms with Crippen LogP contribution in [0.2, 0.25) is 0 Å². The molecule has 3 N–H and O–H groups in total. The van der Waals surface area contributed by atoms with Gasteiger partial charge in [-0.25, -0.2) is 8.42 Å². The van der Waals surface area contributed by atoms with Crippen LogP contribution in [0.15, 0.2) is 0 Å². The lowest BCUT2D eigenvalue weighted by Crippen LogP contribution is -2.69. The Labute approximate surface area is 161 Å². The van der Waals surface area contributed by atoms with E-state index in [-0.39, 0.29) is 23.2 Å². The summed E-state index contributed by atoms with van der Waals surface area (Å²) in [5, 5.41) is 11.2. The quantitative estimate of drug-likeness (QED) is 0.608. The Hall–Kier alpha value is -0.150. The molecule has 0 bridgehead atoms. The first-order valence-corrected chi connectivity index (χ1v) is 12.9. The van der Waals surface area contributed by atoms with Crippen molar-refractivity contribution in [3.05, 3.63) is 0 Å². The van der Waals surface area contributed by atoms with Crippen molar-refractivity contribution in [1.29, 1.82) is 0 Å². The molecule has 0 aromatic heterocycles. The molecule has 150 valence electrons. The van der Waals surface area contributed by atoms with Crippen LogP contribution < -0.4 is 16.0 Å². The van der Waals surface area contributed by atoms with Gasteiger partial charge in [0.15, 0.2) is 0 Å². The zero-order valence-corrected chi connectivity index (χ0v) is 17.5. The predicted molar refractivity (Wildman–Crippen MR) is 107 cm³/mol. The van der Waals surface area contributed by atoms with E-state index in [4.69, 9.17) is 0 Å². The SMILES string of the molecule is CC(=O)C1NCC(C2CCC(S(C)(=O)=O)CC2)NC1NCC1CCCS1. The van der Waals surface area contributed by atoms with Crippen molar-refractivity contribution in [2.45, 2.75) is 74.2 Å². The Kier molecular flexibility index (Phi) is 7.05. The van der Waals surface area contributed by atoms with Gasteiger partial charge in [0.1, 0.15) is 15.6 Å². The second kappa shape index (κ2) is 8.90. The fraction of sp³-hybridized carbons (Fsp3) is 0.944. The molecule has 0 amide bonds. The van der Waals surface area contributed by atoms with Gasteiger partial charge in [-0.15, -0.1) is 0 Å². The number of nitrogens with one attached hydrogen (secondary N) is 3. The first kappa shape index (κ1) is 20.6. The van der Waals surface area contributed by atoms with Crippen molar-refractivity contribution in [1.82, 2.24) is 16.0 Å². The largest absolute Gasteiger partial charge is 0.304 e. The Bertz CT molecular complexity index is 584. The molecule has 2 aliphatic heterocycles. The van der Waals surface area contributed by atoms with Gasteiger partial charge >= 0.3 is 0 Å². The maximum atomic E-state index is 12.0. The molecule has 8 heteroatoms. The molecule has 1 aliphatic carbocycles. The molecule has 3 rings (SSSR count). The summed E-state index contributed by atoms with van der Waals surface area (Å²) >= 11 is 2.02. The predicted octanol–water partition coefficient (Wildman–Crippen LogP) is 0.920. The highest BCUT2D eigenvalue weighted by Crippen LogP contribution is 2.31. The third-order valence-electron chi connectivity index (χ3n) is 6.21. The molecular formula is C18H33N3O3S2. The normalized spacial score (nSPS) is 39.0. The summed E-state index contributed by atoms with van der Waals surface area (Å²) in [5.41, 5.74) is 0. The molecule has 4 atom stereocenters. The minimum Gasteiger partial charge on any atom is -0.304 e. The molecule has 0 aromatic rings. The van der Waals surface area contributed by atoms with Crippen LogP contribution >= 0.6 is 11.8 Å². The summed E-state index contributed by atoms with van der Waals surface area (Å²) in [6.07, 6.45) is 7.25. The van der Waals surface area contributed by atoms with E-state index in [2.05, 4.69) is 16.0 Å². The van der Waals surface area contributed by atoms with Crippen LogP contribution in [-0.2, 0) is 14.6 Å². The summed E-state index contributed by atoms with van der Waals surface area (Å²) < 4.78 is 23.5. The molecule has 2 saturated heterocycles. The van der Waals surface area contributed by atoms with E-state index in [0.717, 1.165) is 38.8 Å². The van der Waals surface area contributed by atoms with Gasteiger partial charge in [-0.2, -0.15) is 11.8 Å². The highest BCUT2D eigenvalue weighted by molar-refractivity contribution is 8.00. The molecule has 0 radical (unpaired) electrons. The average Bonchev–Trinajstić information content (AvgIpc) is 3.12. The fourth-order valence-electron chi connectivity index (χ4n) is 4.60. The van der Waals surface area contributed by atoms with Gasteiger partial charge < -0.3 is 5.32 Å². The molecule has 0 aromatic carbocycles. The zero-order valence-electron chi connectivity index (χ0n) is 15.9. The number of carbonyl (C=O) groups is 1. The van der Waals surface area contributed by atoms with E-state index in [0.29, 0.717) is 17.2 Å². The van der Waals surface area contributed by atoms with E-state index in [1.54, 1.807) is 6.92 Å².